The van der Waals surface area contributed by atoms with Crippen molar-refractivity contribution in [2.24, 2.45) is 0 Å². The van der Waals surface area contributed by atoms with Crippen LogP contribution in [0.1, 0.15) is 11.1 Å². The van der Waals surface area contributed by atoms with Crippen molar-refractivity contribution >= 4 is 37.5 Å². The minimum absolute atomic E-state index is 0.0824. The van der Waals surface area contributed by atoms with E-state index < -0.39 is 11.7 Å². The first-order valence-corrected chi connectivity index (χ1v) is 7.30. The van der Waals surface area contributed by atoms with E-state index in [2.05, 4.69) is 37.2 Å². The highest BCUT2D eigenvalue weighted by atomic mass is 79.9. The first-order valence-electron chi connectivity index (χ1n) is 5.72. The van der Waals surface area contributed by atoms with Crippen molar-refractivity contribution < 1.29 is 13.2 Å². The molecule has 20 heavy (non-hydrogen) atoms. The summed E-state index contributed by atoms with van der Waals surface area (Å²) in [6.45, 7) is 0.318. The van der Waals surface area contributed by atoms with E-state index in [0.717, 1.165) is 20.6 Å². The van der Waals surface area contributed by atoms with Crippen molar-refractivity contribution in [3.05, 3.63) is 62.5 Å². The Labute approximate surface area is 131 Å². The molecule has 0 unspecified atom stereocenters. The Bertz CT molecular complexity index is 612. The monoisotopic (exact) mass is 407 g/mol. The molecule has 2 aromatic carbocycles. The Morgan fingerprint density at radius 2 is 1.65 bits per heavy atom. The van der Waals surface area contributed by atoms with E-state index in [-0.39, 0.29) is 5.69 Å². The summed E-state index contributed by atoms with van der Waals surface area (Å²) in [4.78, 5) is 0. The Morgan fingerprint density at radius 3 is 2.30 bits per heavy atom. The lowest BCUT2D eigenvalue weighted by molar-refractivity contribution is -0.136. The van der Waals surface area contributed by atoms with Crippen molar-refractivity contribution in [2.75, 3.05) is 5.32 Å². The SMILES string of the molecule is FC(F)(F)c1ccccc1NCc1ccc(Br)c(Br)c1. The summed E-state index contributed by atoms with van der Waals surface area (Å²) in [5.41, 5.74) is 0.312. The fraction of sp³-hybridized carbons (Fsp3) is 0.143. The number of halogens is 5. The number of benzene rings is 2. The van der Waals surface area contributed by atoms with Crippen LogP contribution in [0, 0.1) is 0 Å². The number of nitrogens with one attached hydrogen (secondary N) is 1. The Hall–Kier alpha value is -1.01. The van der Waals surface area contributed by atoms with Gasteiger partial charge < -0.3 is 5.32 Å². The van der Waals surface area contributed by atoms with Crippen LogP contribution in [0.4, 0.5) is 18.9 Å². The van der Waals surface area contributed by atoms with E-state index in [1.54, 1.807) is 6.07 Å². The molecule has 0 saturated carbocycles. The van der Waals surface area contributed by atoms with Gasteiger partial charge in [-0.15, -0.1) is 0 Å². The molecule has 0 amide bonds. The predicted molar refractivity (Wildman–Crippen MR) is 80.6 cm³/mol. The average Bonchev–Trinajstić information content (AvgIpc) is 2.39. The second-order valence-corrected chi connectivity index (χ2v) is 5.85. The molecule has 0 aromatic heterocycles. The maximum atomic E-state index is 12.8. The predicted octanol–water partition coefficient (Wildman–Crippen LogP) is 5.84. The van der Waals surface area contributed by atoms with Gasteiger partial charge in [-0.3, -0.25) is 0 Å². The summed E-state index contributed by atoms with van der Waals surface area (Å²) in [5.74, 6) is 0. The normalized spacial score (nSPS) is 11.4. The summed E-state index contributed by atoms with van der Waals surface area (Å²) < 4.78 is 40.3. The lowest BCUT2D eigenvalue weighted by Gasteiger charge is -2.14. The number of para-hydroxylation sites is 1. The molecule has 0 aliphatic rings. The number of anilines is 1. The Kier molecular flexibility index (Phi) is 4.75. The van der Waals surface area contributed by atoms with Crippen molar-refractivity contribution in [3.63, 3.8) is 0 Å². The first kappa shape index (κ1) is 15.4. The van der Waals surface area contributed by atoms with Crippen molar-refractivity contribution in [1.82, 2.24) is 0 Å². The zero-order valence-corrected chi connectivity index (χ0v) is 13.3. The van der Waals surface area contributed by atoms with Gasteiger partial charge in [0.25, 0.3) is 0 Å². The third-order valence-corrected chi connectivity index (χ3v) is 4.58. The van der Waals surface area contributed by atoms with Crippen LogP contribution in [0.2, 0.25) is 0 Å². The average molecular weight is 409 g/mol. The van der Waals surface area contributed by atoms with Crippen LogP contribution in [0.15, 0.2) is 51.4 Å². The molecule has 1 N–H and O–H groups in total. The van der Waals surface area contributed by atoms with Gasteiger partial charge in [-0.2, -0.15) is 13.2 Å². The molecule has 0 aliphatic heterocycles. The molecule has 0 fully saturated rings. The zero-order valence-electron chi connectivity index (χ0n) is 10.1. The summed E-state index contributed by atoms with van der Waals surface area (Å²) in [6, 6.07) is 11.0. The fourth-order valence-electron chi connectivity index (χ4n) is 1.73. The van der Waals surface area contributed by atoms with E-state index in [1.807, 2.05) is 18.2 Å². The largest absolute Gasteiger partial charge is 0.418 e. The molecule has 0 aliphatic carbocycles. The van der Waals surface area contributed by atoms with Crippen LogP contribution in [0.25, 0.3) is 0 Å². The summed E-state index contributed by atoms with van der Waals surface area (Å²) in [5, 5.41) is 2.83. The minimum Gasteiger partial charge on any atom is -0.380 e. The van der Waals surface area contributed by atoms with E-state index in [4.69, 9.17) is 0 Å². The van der Waals surface area contributed by atoms with Crippen LogP contribution in [-0.4, -0.2) is 0 Å². The van der Waals surface area contributed by atoms with Gasteiger partial charge in [0.15, 0.2) is 0 Å². The third kappa shape index (κ3) is 3.76. The van der Waals surface area contributed by atoms with Gasteiger partial charge in [-0.05, 0) is 61.7 Å². The van der Waals surface area contributed by atoms with Crippen LogP contribution >= 0.6 is 31.9 Å². The van der Waals surface area contributed by atoms with Crippen LogP contribution in [0.5, 0.6) is 0 Å². The molecular weight excluding hydrogens is 399 g/mol. The zero-order chi connectivity index (χ0) is 14.8. The molecule has 0 bridgehead atoms. The van der Waals surface area contributed by atoms with E-state index in [0.29, 0.717) is 6.54 Å². The standard InChI is InChI=1S/C14H10Br2F3N/c15-11-6-5-9(7-12(11)16)8-20-13-4-2-1-3-10(13)14(17,18)19/h1-7,20H,8H2. The molecule has 6 heteroatoms. The molecule has 0 radical (unpaired) electrons. The fourth-order valence-corrected chi connectivity index (χ4v) is 2.40. The van der Waals surface area contributed by atoms with Crippen molar-refractivity contribution in [3.8, 4) is 0 Å². The van der Waals surface area contributed by atoms with Crippen molar-refractivity contribution in [1.29, 1.82) is 0 Å². The summed E-state index contributed by atoms with van der Waals surface area (Å²) in [7, 11) is 0. The molecule has 2 rings (SSSR count). The number of alkyl halides is 3. The highest BCUT2D eigenvalue weighted by molar-refractivity contribution is 9.13. The lowest BCUT2D eigenvalue weighted by Crippen LogP contribution is -2.10. The van der Waals surface area contributed by atoms with E-state index in [1.165, 1.54) is 12.1 Å². The maximum Gasteiger partial charge on any atom is 0.418 e. The van der Waals surface area contributed by atoms with E-state index in [9.17, 15) is 13.2 Å². The second kappa shape index (κ2) is 6.18. The van der Waals surface area contributed by atoms with Crippen molar-refractivity contribution in [2.45, 2.75) is 12.7 Å². The van der Waals surface area contributed by atoms with Crippen LogP contribution < -0.4 is 5.32 Å². The second-order valence-electron chi connectivity index (χ2n) is 4.15. The number of hydrogen-bond acceptors (Lipinski definition) is 1. The molecule has 0 heterocycles. The topological polar surface area (TPSA) is 12.0 Å². The summed E-state index contributed by atoms with van der Waals surface area (Å²) >= 11 is 6.71. The maximum absolute atomic E-state index is 12.8. The molecule has 2 aromatic rings. The van der Waals surface area contributed by atoms with Gasteiger partial charge in [0, 0.05) is 21.2 Å². The first-order chi connectivity index (χ1) is 9.38. The lowest BCUT2D eigenvalue weighted by atomic mass is 10.1. The van der Waals surface area contributed by atoms with Gasteiger partial charge in [-0.25, -0.2) is 0 Å². The highest BCUT2D eigenvalue weighted by Gasteiger charge is 2.32. The Morgan fingerprint density at radius 1 is 0.950 bits per heavy atom. The van der Waals surface area contributed by atoms with Gasteiger partial charge in [-0.1, -0.05) is 18.2 Å². The molecule has 0 atom stereocenters. The third-order valence-electron chi connectivity index (χ3n) is 2.70. The van der Waals surface area contributed by atoms with E-state index >= 15 is 0 Å². The van der Waals surface area contributed by atoms with Crippen LogP contribution in [-0.2, 0) is 12.7 Å². The highest BCUT2D eigenvalue weighted by Crippen LogP contribution is 2.34. The number of rotatable bonds is 3. The number of hydrogen-bond donors (Lipinski definition) is 1. The minimum atomic E-state index is -4.36. The van der Waals surface area contributed by atoms with Crippen LogP contribution in [0.3, 0.4) is 0 Å². The molecular formula is C14H10Br2F3N. The van der Waals surface area contributed by atoms with Gasteiger partial charge >= 0.3 is 6.18 Å². The molecule has 0 saturated heterocycles. The molecule has 106 valence electrons. The smallest absolute Gasteiger partial charge is 0.380 e. The Balaban J connectivity index is 2.17. The summed E-state index contributed by atoms with van der Waals surface area (Å²) in [6.07, 6.45) is -4.36. The molecule has 0 spiro atoms. The van der Waals surface area contributed by atoms with Gasteiger partial charge in [0.2, 0.25) is 0 Å². The molecule has 1 nitrogen and oxygen atoms in total. The van der Waals surface area contributed by atoms with Gasteiger partial charge in [0.05, 0.1) is 5.56 Å². The quantitative estimate of drug-likeness (QED) is 0.672. The van der Waals surface area contributed by atoms with Gasteiger partial charge in [0.1, 0.15) is 0 Å².